The molecule has 1 aromatic rings. The summed E-state index contributed by atoms with van der Waals surface area (Å²) >= 11 is 4.84. The monoisotopic (exact) mass is 267 g/mol. The summed E-state index contributed by atoms with van der Waals surface area (Å²) in [4.78, 5) is 13.2. The maximum Gasteiger partial charge on any atom is 0.147 e. The van der Waals surface area contributed by atoms with Gasteiger partial charge in [-0.25, -0.2) is 9.97 Å². The smallest absolute Gasteiger partial charge is 0.147 e. The summed E-state index contributed by atoms with van der Waals surface area (Å²) in [6.45, 7) is 4.59. The Morgan fingerprint density at radius 3 is 2.50 bits per heavy atom. The van der Waals surface area contributed by atoms with Crippen LogP contribution in [0.4, 0.5) is 5.82 Å². The molecule has 0 aliphatic carbocycles. The van der Waals surface area contributed by atoms with Crippen molar-refractivity contribution in [2.24, 2.45) is 5.73 Å². The van der Waals surface area contributed by atoms with Gasteiger partial charge in [0.2, 0.25) is 0 Å². The van der Waals surface area contributed by atoms with E-state index in [0.717, 1.165) is 38.5 Å². The standard InChI is InChI=1S/C11H17N5OS/c12-11(18)9-7-14-10(8-13-9)16-3-1-15(2-4-16)5-6-17/h7-8,17H,1-6H2,(H2,12,18). The molecule has 0 radical (unpaired) electrons. The van der Waals surface area contributed by atoms with Crippen LogP contribution < -0.4 is 10.6 Å². The molecular formula is C11H17N5OS. The number of nitrogens with two attached hydrogens (primary N) is 1. The zero-order valence-electron chi connectivity index (χ0n) is 10.1. The van der Waals surface area contributed by atoms with Gasteiger partial charge >= 0.3 is 0 Å². The topological polar surface area (TPSA) is 78.5 Å². The number of aromatic nitrogens is 2. The maximum atomic E-state index is 8.88. The summed E-state index contributed by atoms with van der Waals surface area (Å²) in [5.74, 6) is 0.846. The summed E-state index contributed by atoms with van der Waals surface area (Å²) in [6.07, 6.45) is 3.31. The zero-order valence-corrected chi connectivity index (χ0v) is 10.9. The van der Waals surface area contributed by atoms with E-state index in [9.17, 15) is 0 Å². The van der Waals surface area contributed by atoms with E-state index in [0.29, 0.717) is 5.69 Å². The molecule has 1 saturated heterocycles. The van der Waals surface area contributed by atoms with Gasteiger partial charge in [-0.15, -0.1) is 0 Å². The number of aliphatic hydroxyl groups is 1. The van der Waals surface area contributed by atoms with Crippen LogP contribution in [0.15, 0.2) is 12.4 Å². The minimum absolute atomic E-state index is 0.211. The first-order valence-electron chi connectivity index (χ1n) is 5.90. The first-order chi connectivity index (χ1) is 8.70. The van der Waals surface area contributed by atoms with Crippen molar-refractivity contribution in [3.8, 4) is 0 Å². The Kier molecular flexibility index (Phi) is 4.40. The van der Waals surface area contributed by atoms with Gasteiger partial charge in [-0.1, -0.05) is 12.2 Å². The van der Waals surface area contributed by atoms with Crippen molar-refractivity contribution in [3.05, 3.63) is 18.1 Å². The molecule has 0 atom stereocenters. The van der Waals surface area contributed by atoms with Crippen molar-refractivity contribution >= 4 is 23.0 Å². The van der Waals surface area contributed by atoms with Crippen molar-refractivity contribution in [1.29, 1.82) is 0 Å². The highest BCUT2D eigenvalue weighted by molar-refractivity contribution is 7.80. The Balaban J connectivity index is 1.95. The molecule has 7 heteroatoms. The van der Waals surface area contributed by atoms with Gasteiger partial charge in [-0.05, 0) is 0 Å². The fourth-order valence-corrected chi connectivity index (χ4v) is 2.06. The van der Waals surface area contributed by atoms with Gasteiger partial charge < -0.3 is 15.7 Å². The minimum Gasteiger partial charge on any atom is -0.395 e. The second-order valence-electron chi connectivity index (χ2n) is 4.18. The second kappa shape index (κ2) is 6.03. The molecule has 3 N–H and O–H groups in total. The van der Waals surface area contributed by atoms with Gasteiger partial charge in [0.1, 0.15) is 16.5 Å². The van der Waals surface area contributed by atoms with E-state index in [1.165, 1.54) is 0 Å². The van der Waals surface area contributed by atoms with Gasteiger partial charge in [-0.2, -0.15) is 0 Å². The van der Waals surface area contributed by atoms with E-state index >= 15 is 0 Å². The number of nitrogens with zero attached hydrogens (tertiary/aromatic N) is 4. The molecule has 1 aromatic heterocycles. The summed E-state index contributed by atoms with van der Waals surface area (Å²) in [7, 11) is 0. The van der Waals surface area contributed by atoms with Crippen molar-refractivity contribution in [1.82, 2.24) is 14.9 Å². The molecule has 2 heterocycles. The van der Waals surface area contributed by atoms with E-state index in [-0.39, 0.29) is 11.6 Å². The summed E-state index contributed by atoms with van der Waals surface area (Å²) < 4.78 is 0. The number of β-amino-alcohol motifs (C(OH)–C–C–N with tert-alkyl or cyclic N) is 1. The quantitative estimate of drug-likeness (QED) is 0.693. The minimum atomic E-state index is 0.211. The van der Waals surface area contributed by atoms with E-state index in [1.807, 2.05) is 0 Å². The predicted molar refractivity (Wildman–Crippen MR) is 73.7 cm³/mol. The summed E-state index contributed by atoms with van der Waals surface area (Å²) in [6, 6.07) is 0. The average molecular weight is 267 g/mol. The molecule has 2 rings (SSSR count). The lowest BCUT2D eigenvalue weighted by Gasteiger charge is -2.34. The third kappa shape index (κ3) is 3.12. The number of rotatable bonds is 4. The van der Waals surface area contributed by atoms with Crippen molar-refractivity contribution in [2.75, 3.05) is 44.2 Å². The Bertz CT molecular complexity index is 402. The first kappa shape index (κ1) is 13.1. The van der Waals surface area contributed by atoms with Gasteiger partial charge in [-0.3, -0.25) is 4.90 Å². The highest BCUT2D eigenvalue weighted by atomic mass is 32.1. The Hall–Kier alpha value is -1.31. The molecule has 0 aromatic carbocycles. The third-order valence-corrected chi connectivity index (χ3v) is 3.21. The van der Waals surface area contributed by atoms with E-state index in [4.69, 9.17) is 23.1 Å². The Morgan fingerprint density at radius 2 is 2.00 bits per heavy atom. The molecule has 1 fully saturated rings. The maximum absolute atomic E-state index is 8.88. The Labute approximate surface area is 111 Å². The summed E-state index contributed by atoms with van der Waals surface area (Å²) in [5.41, 5.74) is 6.03. The number of piperazine rings is 1. The fourth-order valence-electron chi connectivity index (χ4n) is 1.95. The molecule has 0 saturated carbocycles. The molecule has 98 valence electrons. The van der Waals surface area contributed by atoms with Crippen LogP contribution in [0.3, 0.4) is 0 Å². The van der Waals surface area contributed by atoms with E-state index < -0.39 is 0 Å². The average Bonchev–Trinajstić information content (AvgIpc) is 2.40. The highest BCUT2D eigenvalue weighted by Crippen LogP contribution is 2.12. The zero-order chi connectivity index (χ0) is 13.0. The van der Waals surface area contributed by atoms with Crippen LogP contribution in [0.25, 0.3) is 0 Å². The van der Waals surface area contributed by atoms with Crippen LogP contribution in [0.1, 0.15) is 5.69 Å². The number of hydrogen-bond acceptors (Lipinski definition) is 6. The predicted octanol–water partition coefficient (Wildman–Crippen LogP) is -0.775. The van der Waals surface area contributed by atoms with Crippen LogP contribution >= 0.6 is 12.2 Å². The van der Waals surface area contributed by atoms with Crippen molar-refractivity contribution in [2.45, 2.75) is 0 Å². The molecule has 6 nitrogen and oxygen atoms in total. The Morgan fingerprint density at radius 1 is 1.28 bits per heavy atom. The molecule has 0 unspecified atom stereocenters. The lowest BCUT2D eigenvalue weighted by atomic mass is 10.3. The first-order valence-corrected chi connectivity index (χ1v) is 6.31. The van der Waals surface area contributed by atoms with Crippen molar-refractivity contribution in [3.63, 3.8) is 0 Å². The molecule has 1 aliphatic heterocycles. The highest BCUT2D eigenvalue weighted by Gasteiger charge is 2.17. The SMILES string of the molecule is NC(=S)c1cnc(N2CCN(CCO)CC2)cn1. The summed E-state index contributed by atoms with van der Waals surface area (Å²) in [5, 5.41) is 8.88. The molecule has 0 bridgehead atoms. The molecule has 0 amide bonds. The van der Waals surface area contributed by atoms with Crippen LogP contribution in [0, 0.1) is 0 Å². The second-order valence-corrected chi connectivity index (χ2v) is 4.62. The molecule has 0 spiro atoms. The number of anilines is 1. The van der Waals surface area contributed by atoms with Crippen LogP contribution in [0.5, 0.6) is 0 Å². The van der Waals surface area contributed by atoms with Crippen LogP contribution in [-0.2, 0) is 0 Å². The molecule has 1 aliphatic rings. The van der Waals surface area contributed by atoms with Gasteiger partial charge in [0, 0.05) is 32.7 Å². The van der Waals surface area contributed by atoms with Gasteiger partial charge in [0.15, 0.2) is 0 Å². The normalized spacial score (nSPS) is 16.8. The largest absolute Gasteiger partial charge is 0.395 e. The molecule has 18 heavy (non-hydrogen) atoms. The van der Waals surface area contributed by atoms with Crippen LogP contribution in [-0.4, -0.2) is 64.3 Å². The van der Waals surface area contributed by atoms with E-state index in [2.05, 4.69) is 19.8 Å². The lowest BCUT2D eigenvalue weighted by Crippen LogP contribution is -2.47. The van der Waals surface area contributed by atoms with Crippen molar-refractivity contribution < 1.29 is 5.11 Å². The fraction of sp³-hybridized carbons (Fsp3) is 0.545. The third-order valence-electron chi connectivity index (χ3n) is 3.00. The lowest BCUT2D eigenvalue weighted by molar-refractivity contribution is 0.188. The number of hydrogen-bond donors (Lipinski definition) is 2. The number of thiocarbonyl (C=S) groups is 1. The van der Waals surface area contributed by atoms with Crippen LogP contribution in [0.2, 0.25) is 0 Å². The van der Waals surface area contributed by atoms with Gasteiger partial charge in [0.25, 0.3) is 0 Å². The van der Waals surface area contributed by atoms with Gasteiger partial charge in [0.05, 0.1) is 19.0 Å². The number of aliphatic hydroxyl groups excluding tert-OH is 1. The molecular weight excluding hydrogens is 250 g/mol. The van der Waals surface area contributed by atoms with E-state index in [1.54, 1.807) is 12.4 Å².